The van der Waals surface area contributed by atoms with Crippen molar-refractivity contribution in [3.63, 3.8) is 0 Å². The SMILES string of the molecule is CC(NC(=O)C=Cc1ccc(C(=O)NC2CC2)cc1)c1nc2ccccc2[nH]1. The molecular formula is C22H22N4O2. The van der Waals surface area contributed by atoms with Crippen LogP contribution in [-0.2, 0) is 4.79 Å². The van der Waals surface area contributed by atoms with Crippen LogP contribution in [0.1, 0.15) is 47.6 Å². The lowest BCUT2D eigenvalue weighted by molar-refractivity contribution is -0.117. The van der Waals surface area contributed by atoms with Crippen molar-refractivity contribution in [1.29, 1.82) is 0 Å². The van der Waals surface area contributed by atoms with Gasteiger partial charge in [0.05, 0.1) is 17.1 Å². The molecule has 142 valence electrons. The summed E-state index contributed by atoms with van der Waals surface area (Å²) < 4.78 is 0. The van der Waals surface area contributed by atoms with Crippen molar-refractivity contribution < 1.29 is 9.59 Å². The first-order valence-electron chi connectivity index (χ1n) is 9.42. The molecule has 1 heterocycles. The molecule has 0 spiro atoms. The van der Waals surface area contributed by atoms with E-state index in [1.165, 1.54) is 6.08 Å². The largest absolute Gasteiger partial charge is 0.349 e. The lowest BCUT2D eigenvalue weighted by Gasteiger charge is -2.09. The highest BCUT2D eigenvalue weighted by Gasteiger charge is 2.23. The van der Waals surface area contributed by atoms with E-state index in [1.54, 1.807) is 18.2 Å². The van der Waals surface area contributed by atoms with E-state index in [1.807, 2.05) is 43.3 Å². The molecule has 0 saturated heterocycles. The van der Waals surface area contributed by atoms with Gasteiger partial charge in [0.1, 0.15) is 5.82 Å². The van der Waals surface area contributed by atoms with Gasteiger partial charge in [0.15, 0.2) is 0 Å². The predicted octanol–water partition coefficient (Wildman–Crippen LogP) is 3.35. The summed E-state index contributed by atoms with van der Waals surface area (Å²) in [5.74, 6) is 0.466. The molecule has 2 aromatic carbocycles. The third-order valence-corrected chi connectivity index (χ3v) is 4.69. The molecule has 28 heavy (non-hydrogen) atoms. The monoisotopic (exact) mass is 374 g/mol. The number of aromatic amines is 1. The molecule has 1 unspecified atom stereocenters. The molecule has 0 radical (unpaired) electrons. The lowest BCUT2D eigenvalue weighted by Crippen LogP contribution is -2.25. The third-order valence-electron chi connectivity index (χ3n) is 4.69. The zero-order valence-electron chi connectivity index (χ0n) is 15.6. The van der Waals surface area contributed by atoms with Crippen LogP contribution in [0, 0.1) is 0 Å². The summed E-state index contributed by atoms with van der Waals surface area (Å²) >= 11 is 0. The van der Waals surface area contributed by atoms with Crippen molar-refractivity contribution in [3.8, 4) is 0 Å². The molecule has 1 saturated carbocycles. The fraction of sp³-hybridized carbons (Fsp3) is 0.227. The number of rotatable bonds is 6. The Kier molecular flexibility index (Phi) is 4.93. The van der Waals surface area contributed by atoms with Gasteiger partial charge in [-0.2, -0.15) is 0 Å². The first-order chi connectivity index (χ1) is 13.6. The highest BCUT2D eigenvalue weighted by molar-refractivity contribution is 5.95. The highest BCUT2D eigenvalue weighted by Crippen LogP contribution is 2.19. The summed E-state index contributed by atoms with van der Waals surface area (Å²) in [5, 5.41) is 5.86. The quantitative estimate of drug-likeness (QED) is 0.578. The molecule has 1 fully saturated rings. The fourth-order valence-corrected chi connectivity index (χ4v) is 2.92. The smallest absolute Gasteiger partial charge is 0.251 e. The van der Waals surface area contributed by atoms with Crippen LogP contribution in [0.4, 0.5) is 0 Å². The summed E-state index contributed by atoms with van der Waals surface area (Å²) in [6.45, 7) is 1.89. The number of carbonyl (C=O) groups excluding carboxylic acids is 2. The average Bonchev–Trinajstić information content (AvgIpc) is 3.40. The maximum absolute atomic E-state index is 12.2. The molecule has 1 aromatic heterocycles. The fourth-order valence-electron chi connectivity index (χ4n) is 2.92. The zero-order valence-corrected chi connectivity index (χ0v) is 15.6. The third kappa shape index (κ3) is 4.28. The van der Waals surface area contributed by atoms with Gasteiger partial charge in [-0.25, -0.2) is 4.98 Å². The van der Waals surface area contributed by atoms with Gasteiger partial charge in [-0.15, -0.1) is 0 Å². The van der Waals surface area contributed by atoms with E-state index in [0.29, 0.717) is 17.4 Å². The van der Waals surface area contributed by atoms with Crippen molar-refractivity contribution >= 4 is 28.9 Å². The summed E-state index contributed by atoms with van der Waals surface area (Å²) in [6, 6.07) is 15.0. The van der Waals surface area contributed by atoms with Crippen LogP contribution >= 0.6 is 0 Å². The van der Waals surface area contributed by atoms with Crippen LogP contribution in [0.25, 0.3) is 17.1 Å². The van der Waals surface area contributed by atoms with Crippen LogP contribution < -0.4 is 10.6 Å². The van der Waals surface area contributed by atoms with E-state index in [4.69, 9.17) is 0 Å². The molecule has 4 rings (SSSR count). The van der Waals surface area contributed by atoms with Crippen molar-refractivity contribution in [3.05, 3.63) is 71.6 Å². The Morgan fingerprint density at radius 3 is 2.61 bits per heavy atom. The summed E-state index contributed by atoms with van der Waals surface area (Å²) in [6.07, 6.45) is 5.34. The van der Waals surface area contributed by atoms with Gasteiger partial charge in [-0.3, -0.25) is 9.59 Å². The number of fused-ring (bicyclic) bond motifs is 1. The normalized spacial score (nSPS) is 14.9. The van der Waals surface area contributed by atoms with Crippen LogP contribution in [0.3, 0.4) is 0 Å². The molecule has 3 aromatic rings. The number of aromatic nitrogens is 2. The van der Waals surface area contributed by atoms with Crippen LogP contribution in [-0.4, -0.2) is 27.8 Å². The number of imidazole rings is 1. The minimum Gasteiger partial charge on any atom is -0.349 e. The van der Waals surface area contributed by atoms with Gasteiger partial charge in [0.2, 0.25) is 5.91 Å². The second-order valence-corrected chi connectivity index (χ2v) is 7.07. The molecule has 2 amide bonds. The minimum absolute atomic E-state index is 0.0459. The van der Waals surface area contributed by atoms with E-state index in [2.05, 4.69) is 20.6 Å². The maximum Gasteiger partial charge on any atom is 0.251 e. The topological polar surface area (TPSA) is 86.9 Å². The molecule has 1 atom stereocenters. The number of H-pyrrole nitrogens is 1. The average molecular weight is 374 g/mol. The van der Waals surface area contributed by atoms with E-state index in [-0.39, 0.29) is 17.9 Å². The Balaban J connectivity index is 1.34. The molecular weight excluding hydrogens is 352 g/mol. The van der Waals surface area contributed by atoms with E-state index in [0.717, 1.165) is 29.4 Å². The first-order valence-corrected chi connectivity index (χ1v) is 9.42. The van der Waals surface area contributed by atoms with Gasteiger partial charge in [-0.1, -0.05) is 24.3 Å². The first kappa shape index (κ1) is 18.0. The minimum atomic E-state index is -0.238. The van der Waals surface area contributed by atoms with Crippen molar-refractivity contribution in [2.75, 3.05) is 0 Å². The van der Waals surface area contributed by atoms with Gasteiger partial charge in [0, 0.05) is 17.7 Å². The van der Waals surface area contributed by atoms with Gasteiger partial charge in [-0.05, 0) is 55.7 Å². The number of nitrogens with one attached hydrogen (secondary N) is 3. The Bertz CT molecular complexity index is 999. The van der Waals surface area contributed by atoms with Crippen LogP contribution in [0.15, 0.2) is 54.6 Å². The Labute approximate surface area is 163 Å². The highest BCUT2D eigenvalue weighted by atomic mass is 16.2. The van der Waals surface area contributed by atoms with E-state index >= 15 is 0 Å². The van der Waals surface area contributed by atoms with Crippen LogP contribution in [0.5, 0.6) is 0 Å². The molecule has 3 N–H and O–H groups in total. The number of amides is 2. The molecule has 6 nitrogen and oxygen atoms in total. The van der Waals surface area contributed by atoms with E-state index < -0.39 is 0 Å². The maximum atomic E-state index is 12.2. The Morgan fingerprint density at radius 2 is 1.89 bits per heavy atom. The number of nitrogens with zero attached hydrogens (tertiary/aromatic N) is 1. The number of para-hydroxylation sites is 2. The number of hydrogen-bond donors (Lipinski definition) is 3. The lowest BCUT2D eigenvalue weighted by atomic mass is 10.1. The number of hydrogen-bond acceptors (Lipinski definition) is 3. The second kappa shape index (κ2) is 7.68. The molecule has 0 bridgehead atoms. The van der Waals surface area contributed by atoms with Gasteiger partial charge < -0.3 is 15.6 Å². The molecule has 1 aliphatic rings. The Morgan fingerprint density at radius 1 is 1.14 bits per heavy atom. The van der Waals surface area contributed by atoms with E-state index in [9.17, 15) is 9.59 Å². The van der Waals surface area contributed by atoms with Gasteiger partial charge in [0.25, 0.3) is 5.91 Å². The van der Waals surface area contributed by atoms with Crippen molar-refractivity contribution in [1.82, 2.24) is 20.6 Å². The predicted molar refractivity (Wildman–Crippen MR) is 109 cm³/mol. The van der Waals surface area contributed by atoms with Gasteiger partial charge >= 0.3 is 0 Å². The number of benzene rings is 2. The molecule has 6 heteroatoms. The second-order valence-electron chi connectivity index (χ2n) is 7.07. The summed E-state index contributed by atoms with van der Waals surface area (Å²) in [7, 11) is 0. The summed E-state index contributed by atoms with van der Waals surface area (Å²) in [5.41, 5.74) is 3.31. The zero-order chi connectivity index (χ0) is 19.5. The standard InChI is InChI=1S/C22H22N4O2/c1-14(21-25-18-4-2-3-5-19(18)26-21)23-20(27)13-8-15-6-9-16(10-7-15)22(28)24-17-11-12-17/h2-10,13-14,17H,11-12H2,1H3,(H,23,27)(H,24,28)(H,25,26). The Hall–Kier alpha value is -3.41. The van der Waals surface area contributed by atoms with Crippen molar-refractivity contribution in [2.45, 2.75) is 31.8 Å². The summed E-state index contributed by atoms with van der Waals surface area (Å²) in [4.78, 5) is 31.9. The van der Waals surface area contributed by atoms with Crippen molar-refractivity contribution in [2.24, 2.45) is 0 Å². The van der Waals surface area contributed by atoms with Crippen LogP contribution in [0.2, 0.25) is 0 Å². The number of carbonyl (C=O) groups is 2. The molecule has 0 aliphatic heterocycles. The molecule has 1 aliphatic carbocycles.